The molecule has 1 amide bonds. The summed E-state index contributed by atoms with van der Waals surface area (Å²) in [6.07, 6.45) is 3.26. The number of carbonyl (C=O) groups excluding carboxylic acids is 1. The standard InChI is InChI=1S/C14H15FN2O2/c15-13-5-4-11(7-10(13)9-16)17-14(18)8-12-3-1-2-6-19-12/h4-5,7,12H,1-3,6,8H2,(H,17,18). The van der Waals surface area contributed by atoms with Gasteiger partial charge in [0.25, 0.3) is 0 Å². The predicted molar refractivity (Wildman–Crippen MR) is 68.0 cm³/mol. The molecule has 0 bridgehead atoms. The van der Waals surface area contributed by atoms with Crippen LogP contribution in [0.25, 0.3) is 0 Å². The van der Waals surface area contributed by atoms with E-state index in [2.05, 4.69) is 5.32 Å². The molecule has 0 aromatic heterocycles. The van der Waals surface area contributed by atoms with E-state index in [-0.39, 0.29) is 17.6 Å². The molecule has 0 saturated carbocycles. The number of ether oxygens (including phenoxy) is 1. The summed E-state index contributed by atoms with van der Waals surface area (Å²) < 4.78 is 18.6. The number of nitriles is 1. The smallest absolute Gasteiger partial charge is 0.226 e. The number of nitrogens with one attached hydrogen (secondary N) is 1. The van der Waals surface area contributed by atoms with Gasteiger partial charge in [0.05, 0.1) is 18.1 Å². The molecule has 4 nitrogen and oxygen atoms in total. The quantitative estimate of drug-likeness (QED) is 0.910. The van der Waals surface area contributed by atoms with Crippen LogP contribution in [0.3, 0.4) is 0 Å². The number of nitrogens with zero attached hydrogens (tertiary/aromatic N) is 1. The maximum atomic E-state index is 13.1. The molecule has 1 heterocycles. The zero-order chi connectivity index (χ0) is 13.7. The van der Waals surface area contributed by atoms with E-state index in [4.69, 9.17) is 10.00 Å². The maximum absolute atomic E-state index is 13.1. The predicted octanol–water partition coefficient (Wildman–Crippen LogP) is 2.60. The lowest BCUT2D eigenvalue weighted by Gasteiger charge is -2.21. The second kappa shape index (κ2) is 6.30. The van der Waals surface area contributed by atoms with Gasteiger partial charge in [-0.1, -0.05) is 0 Å². The first-order valence-corrected chi connectivity index (χ1v) is 6.30. The van der Waals surface area contributed by atoms with Crippen molar-refractivity contribution in [2.45, 2.75) is 31.8 Å². The van der Waals surface area contributed by atoms with Gasteiger partial charge in [-0.2, -0.15) is 5.26 Å². The molecule has 1 aromatic rings. The molecule has 0 spiro atoms. The zero-order valence-corrected chi connectivity index (χ0v) is 10.5. The van der Waals surface area contributed by atoms with E-state index in [0.29, 0.717) is 18.7 Å². The molecular formula is C14H15FN2O2. The first-order valence-electron chi connectivity index (χ1n) is 6.30. The number of carbonyl (C=O) groups is 1. The van der Waals surface area contributed by atoms with E-state index in [1.165, 1.54) is 18.2 Å². The highest BCUT2D eigenvalue weighted by atomic mass is 19.1. The van der Waals surface area contributed by atoms with Crippen molar-refractivity contribution in [1.82, 2.24) is 0 Å². The van der Waals surface area contributed by atoms with Gasteiger partial charge in [-0.05, 0) is 37.5 Å². The van der Waals surface area contributed by atoms with Gasteiger partial charge in [0.2, 0.25) is 5.91 Å². The molecule has 1 saturated heterocycles. The second-order valence-corrected chi connectivity index (χ2v) is 4.55. The van der Waals surface area contributed by atoms with Gasteiger partial charge >= 0.3 is 0 Å². The summed E-state index contributed by atoms with van der Waals surface area (Å²) in [7, 11) is 0. The van der Waals surface area contributed by atoms with Crippen LogP contribution in [0.15, 0.2) is 18.2 Å². The minimum absolute atomic E-state index is 0.0374. The van der Waals surface area contributed by atoms with Crippen molar-refractivity contribution in [1.29, 1.82) is 5.26 Å². The van der Waals surface area contributed by atoms with E-state index >= 15 is 0 Å². The molecule has 5 heteroatoms. The lowest BCUT2D eigenvalue weighted by atomic mass is 10.1. The Morgan fingerprint density at radius 3 is 3.05 bits per heavy atom. The molecule has 0 radical (unpaired) electrons. The average molecular weight is 262 g/mol. The van der Waals surface area contributed by atoms with Crippen LogP contribution in [0.1, 0.15) is 31.2 Å². The Bertz CT molecular complexity index is 505. The molecule has 1 aliphatic rings. The summed E-state index contributed by atoms with van der Waals surface area (Å²) in [6.45, 7) is 0.701. The SMILES string of the molecule is N#Cc1cc(NC(=O)CC2CCCCO2)ccc1F. The van der Waals surface area contributed by atoms with E-state index in [1.807, 2.05) is 0 Å². The zero-order valence-electron chi connectivity index (χ0n) is 10.5. The Balaban J connectivity index is 1.93. The van der Waals surface area contributed by atoms with Gasteiger partial charge < -0.3 is 10.1 Å². The Hall–Kier alpha value is -1.93. The molecule has 1 N–H and O–H groups in total. The molecule has 1 aromatic carbocycles. The number of halogens is 1. The highest BCUT2D eigenvalue weighted by Crippen LogP contribution is 2.18. The maximum Gasteiger partial charge on any atom is 0.226 e. The van der Waals surface area contributed by atoms with Crippen LogP contribution < -0.4 is 5.32 Å². The number of rotatable bonds is 3. The fourth-order valence-electron chi connectivity index (χ4n) is 2.08. The molecule has 2 rings (SSSR count). The Morgan fingerprint density at radius 2 is 2.37 bits per heavy atom. The summed E-state index contributed by atoms with van der Waals surface area (Å²) in [5.74, 6) is -0.765. The monoisotopic (exact) mass is 262 g/mol. The van der Waals surface area contributed by atoms with Crippen molar-refractivity contribution < 1.29 is 13.9 Å². The van der Waals surface area contributed by atoms with Crippen molar-refractivity contribution in [2.24, 2.45) is 0 Å². The van der Waals surface area contributed by atoms with Gasteiger partial charge in [0, 0.05) is 12.3 Å². The summed E-state index contributed by atoms with van der Waals surface area (Å²) in [5.41, 5.74) is 0.352. The summed E-state index contributed by atoms with van der Waals surface area (Å²) in [4.78, 5) is 11.8. The van der Waals surface area contributed by atoms with Crippen LogP contribution in [-0.4, -0.2) is 18.6 Å². The summed E-state index contributed by atoms with van der Waals surface area (Å²) >= 11 is 0. The molecule has 1 fully saturated rings. The number of anilines is 1. The Kier molecular flexibility index (Phi) is 4.48. The first kappa shape index (κ1) is 13.5. The Morgan fingerprint density at radius 1 is 1.53 bits per heavy atom. The summed E-state index contributed by atoms with van der Waals surface area (Å²) in [6, 6.07) is 5.68. The van der Waals surface area contributed by atoms with Crippen LogP contribution in [0.5, 0.6) is 0 Å². The number of hydrogen-bond acceptors (Lipinski definition) is 3. The van der Waals surface area contributed by atoms with E-state index in [0.717, 1.165) is 19.3 Å². The number of hydrogen-bond donors (Lipinski definition) is 1. The van der Waals surface area contributed by atoms with Crippen LogP contribution in [0.4, 0.5) is 10.1 Å². The fourth-order valence-corrected chi connectivity index (χ4v) is 2.08. The molecular weight excluding hydrogens is 247 g/mol. The van der Waals surface area contributed by atoms with Crippen LogP contribution in [0.2, 0.25) is 0 Å². The van der Waals surface area contributed by atoms with Gasteiger partial charge in [0.15, 0.2) is 0 Å². The van der Waals surface area contributed by atoms with Crippen molar-refractivity contribution in [2.75, 3.05) is 11.9 Å². The Labute approximate surface area is 111 Å². The molecule has 1 aliphatic heterocycles. The topological polar surface area (TPSA) is 62.1 Å². The highest BCUT2D eigenvalue weighted by molar-refractivity contribution is 5.91. The largest absolute Gasteiger partial charge is 0.378 e. The van der Waals surface area contributed by atoms with Gasteiger partial charge in [-0.25, -0.2) is 4.39 Å². The minimum Gasteiger partial charge on any atom is -0.378 e. The van der Waals surface area contributed by atoms with E-state index in [9.17, 15) is 9.18 Å². The fraction of sp³-hybridized carbons (Fsp3) is 0.429. The van der Waals surface area contributed by atoms with E-state index in [1.54, 1.807) is 6.07 Å². The van der Waals surface area contributed by atoms with Gasteiger partial charge in [-0.15, -0.1) is 0 Å². The second-order valence-electron chi connectivity index (χ2n) is 4.55. The lowest BCUT2D eigenvalue weighted by Crippen LogP contribution is -2.25. The number of benzene rings is 1. The lowest BCUT2D eigenvalue weighted by molar-refractivity contribution is -0.119. The van der Waals surface area contributed by atoms with Crippen molar-refractivity contribution in [3.8, 4) is 6.07 Å². The third-order valence-corrected chi connectivity index (χ3v) is 3.06. The molecule has 1 unspecified atom stereocenters. The van der Waals surface area contributed by atoms with Crippen LogP contribution >= 0.6 is 0 Å². The van der Waals surface area contributed by atoms with Crippen molar-refractivity contribution in [3.05, 3.63) is 29.6 Å². The molecule has 19 heavy (non-hydrogen) atoms. The van der Waals surface area contributed by atoms with Gasteiger partial charge in [-0.3, -0.25) is 4.79 Å². The van der Waals surface area contributed by atoms with Crippen LogP contribution in [0, 0.1) is 17.1 Å². The highest BCUT2D eigenvalue weighted by Gasteiger charge is 2.17. The van der Waals surface area contributed by atoms with E-state index < -0.39 is 5.82 Å². The number of amides is 1. The van der Waals surface area contributed by atoms with Crippen LogP contribution in [-0.2, 0) is 9.53 Å². The molecule has 100 valence electrons. The third-order valence-electron chi connectivity index (χ3n) is 3.06. The third kappa shape index (κ3) is 3.76. The summed E-state index contributed by atoms with van der Waals surface area (Å²) in [5, 5.41) is 11.4. The molecule has 1 atom stereocenters. The van der Waals surface area contributed by atoms with Crippen molar-refractivity contribution >= 4 is 11.6 Å². The molecule has 0 aliphatic carbocycles. The van der Waals surface area contributed by atoms with Gasteiger partial charge in [0.1, 0.15) is 11.9 Å². The minimum atomic E-state index is -0.587. The van der Waals surface area contributed by atoms with Crippen molar-refractivity contribution in [3.63, 3.8) is 0 Å². The first-order chi connectivity index (χ1) is 9.19. The normalized spacial score (nSPS) is 18.6. The average Bonchev–Trinajstić information content (AvgIpc) is 2.42.